The molecular weight excluding hydrogens is 228 g/mol. The molecule has 0 saturated heterocycles. The van der Waals surface area contributed by atoms with Crippen LogP contribution in [-0.4, -0.2) is 19.1 Å². The minimum absolute atomic E-state index is 0.0481. The lowest BCUT2D eigenvalue weighted by molar-refractivity contribution is -0.120. The van der Waals surface area contributed by atoms with Gasteiger partial charge in [0.25, 0.3) is 0 Å². The standard InChI is InChI=1S/C14H16N2O2/c15-9-12-3-1-2-4-13(12)16-14(17)10-18-8-7-11-5-6-11/h1-4,11H,5-8,10H2,(H,16,17). The summed E-state index contributed by atoms with van der Waals surface area (Å²) < 4.78 is 5.30. The normalized spacial score (nSPS) is 13.9. The van der Waals surface area contributed by atoms with E-state index in [1.807, 2.05) is 6.07 Å². The average molecular weight is 244 g/mol. The lowest BCUT2D eigenvalue weighted by Crippen LogP contribution is -2.19. The third-order valence-corrected chi connectivity index (χ3v) is 2.92. The van der Waals surface area contributed by atoms with E-state index in [1.54, 1.807) is 24.3 Å². The van der Waals surface area contributed by atoms with E-state index in [0.717, 1.165) is 12.3 Å². The number of nitrogens with one attached hydrogen (secondary N) is 1. The maximum atomic E-state index is 11.6. The van der Waals surface area contributed by atoms with E-state index in [4.69, 9.17) is 10.00 Å². The monoisotopic (exact) mass is 244 g/mol. The zero-order valence-electron chi connectivity index (χ0n) is 10.2. The molecule has 1 N–H and O–H groups in total. The molecule has 0 unspecified atom stereocenters. The Kier molecular flexibility index (Phi) is 4.32. The molecule has 0 aromatic heterocycles. The van der Waals surface area contributed by atoms with E-state index in [9.17, 15) is 4.79 Å². The molecule has 18 heavy (non-hydrogen) atoms. The molecule has 1 aromatic rings. The van der Waals surface area contributed by atoms with Crippen molar-refractivity contribution in [2.45, 2.75) is 19.3 Å². The van der Waals surface area contributed by atoms with Crippen LogP contribution in [-0.2, 0) is 9.53 Å². The first-order valence-corrected chi connectivity index (χ1v) is 6.16. The Balaban J connectivity index is 1.74. The minimum atomic E-state index is -0.214. The van der Waals surface area contributed by atoms with E-state index < -0.39 is 0 Å². The van der Waals surface area contributed by atoms with Gasteiger partial charge in [-0.05, 0) is 24.5 Å². The van der Waals surface area contributed by atoms with Gasteiger partial charge in [0, 0.05) is 6.61 Å². The van der Waals surface area contributed by atoms with Crippen LogP contribution in [0.5, 0.6) is 0 Å². The summed E-state index contributed by atoms with van der Waals surface area (Å²) in [4.78, 5) is 11.6. The van der Waals surface area contributed by atoms with Gasteiger partial charge in [-0.2, -0.15) is 5.26 Å². The van der Waals surface area contributed by atoms with Crippen LogP contribution in [0.1, 0.15) is 24.8 Å². The molecule has 1 aliphatic carbocycles. The molecule has 0 heterocycles. The number of nitriles is 1. The number of carbonyl (C=O) groups is 1. The molecule has 1 saturated carbocycles. The molecule has 0 spiro atoms. The highest BCUT2D eigenvalue weighted by molar-refractivity contribution is 5.92. The average Bonchev–Trinajstić information content (AvgIpc) is 3.19. The Labute approximate surface area is 107 Å². The molecule has 1 amide bonds. The Hall–Kier alpha value is -1.86. The van der Waals surface area contributed by atoms with E-state index in [-0.39, 0.29) is 12.5 Å². The molecule has 94 valence electrons. The minimum Gasteiger partial charge on any atom is -0.372 e. The quantitative estimate of drug-likeness (QED) is 0.781. The molecule has 1 aromatic carbocycles. The highest BCUT2D eigenvalue weighted by Gasteiger charge is 2.20. The number of anilines is 1. The first-order valence-electron chi connectivity index (χ1n) is 6.16. The predicted octanol–water partition coefficient (Wildman–Crippen LogP) is 2.31. The Bertz CT molecular complexity index is 461. The van der Waals surface area contributed by atoms with Gasteiger partial charge in [-0.25, -0.2) is 0 Å². The molecule has 1 fully saturated rings. The van der Waals surface area contributed by atoms with Crippen molar-refractivity contribution in [1.29, 1.82) is 5.26 Å². The van der Waals surface area contributed by atoms with Crippen molar-refractivity contribution in [1.82, 2.24) is 0 Å². The fourth-order valence-corrected chi connectivity index (χ4v) is 1.70. The van der Waals surface area contributed by atoms with Gasteiger partial charge in [-0.1, -0.05) is 25.0 Å². The van der Waals surface area contributed by atoms with E-state index in [2.05, 4.69) is 5.32 Å². The summed E-state index contributed by atoms with van der Waals surface area (Å²) in [6, 6.07) is 8.96. The molecule has 0 atom stereocenters. The molecule has 1 aliphatic rings. The van der Waals surface area contributed by atoms with Gasteiger partial charge in [-0.15, -0.1) is 0 Å². The first-order chi connectivity index (χ1) is 8.79. The molecule has 0 radical (unpaired) electrons. The Morgan fingerprint density at radius 3 is 2.94 bits per heavy atom. The molecular formula is C14H16N2O2. The summed E-state index contributed by atoms with van der Waals surface area (Å²) in [6.45, 7) is 0.685. The smallest absolute Gasteiger partial charge is 0.250 e. The van der Waals surface area contributed by atoms with Crippen LogP contribution in [0, 0.1) is 17.2 Å². The maximum Gasteiger partial charge on any atom is 0.250 e. The van der Waals surface area contributed by atoms with Crippen molar-refractivity contribution < 1.29 is 9.53 Å². The van der Waals surface area contributed by atoms with Crippen molar-refractivity contribution in [3.05, 3.63) is 29.8 Å². The summed E-state index contributed by atoms with van der Waals surface area (Å²) >= 11 is 0. The summed E-state index contributed by atoms with van der Waals surface area (Å²) in [7, 11) is 0. The second kappa shape index (κ2) is 6.18. The lowest BCUT2D eigenvalue weighted by Gasteiger charge is -2.07. The fraction of sp³-hybridized carbons (Fsp3) is 0.429. The first kappa shape index (κ1) is 12.6. The third kappa shape index (κ3) is 3.86. The van der Waals surface area contributed by atoms with E-state index in [1.165, 1.54) is 12.8 Å². The molecule has 0 aliphatic heterocycles. The Morgan fingerprint density at radius 2 is 2.22 bits per heavy atom. The highest BCUT2D eigenvalue weighted by Crippen LogP contribution is 2.32. The van der Waals surface area contributed by atoms with Crippen LogP contribution in [0.4, 0.5) is 5.69 Å². The van der Waals surface area contributed by atoms with Crippen LogP contribution in [0.15, 0.2) is 24.3 Å². The summed E-state index contributed by atoms with van der Waals surface area (Å²) in [5.41, 5.74) is 1.000. The number of amides is 1. The van der Waals surface area contributed by atoms with Gasteiger partial charge in [0.05, 0.1) is 11.3 Å². The van der Waals surface area contributed by atoms with Crippen LogP contribution in [0.25, 0.3) is 0 Å². The van der Waals surface area contributed by atoms with Crippen molar-refractivity contribution in [2.24, 2.45) is 5.92 Å². The van der Waals surface area contributed by atoms with Gasteiger partial charge < -0.3 is 10.1 Å². The van der Waals surface area contributed by atoms with Gasteiger partial charge in [0.1, 0.15) is 12.7 Å². The molecule has 2 rings (SSSR count). The highest BCUT2D eigenvalue weighted by atomic mass is 16.5. The van der Waals surface area contributed by atoms with Gasteiger partial charge in [0.2, 0.25) is 5.91 Å². The number of hydrogen-bond acceptors (Lipinski definition) is 3. The molecule has 4 nitrogen and oxygen atoms in total. The number of para-hydroxylation sites is 1. The van der Waals surface area contributed by atoms with Gasteiger partial charge in [-0.3, -0.25) is 4.79 Å². The summed E-state index contributed by atoms with van der Waals surface area (Å²) in [5, 5.41) is 11.6. The zero-order chi connectivity index (χ0) is 12.8. The van der Waals surface area contributed by atoms with Crippen molar-refractivity contribution in [3.8, 4) is 6.07 Å². The SMILES string of the molecule is N#Cc1ccccc1NC(=O)COCCC1CC1. The Morgan fingerprint density at radius 1 is 1.44 bits per heavy atom. The summed E-state index contributed by atoms with van der Waals surface area (Å²) in [5.74, 6) is 0.598. The number of hydrogen-bond donors (Lipinski definition) is 1. The van der Waals surface area contributed by atoms with Crippen molar-refractivity contribution in [3.63, 3.8) is 0 Å². The van der Waals surface area contributed by atoms with Crippen LogP contribution in [0.3, 0.4) is 0 Å². The van der Waals surface area contributed by atoms with Gasteiger partial charge in [0.15, 0.2) is 0 Å². The molecule has 4 heteroatoms. The van der Waals surface area contributed by atoms with Crippen molar-refractivity contribution >= 4 is 11.6 Å². The third-order valence-electron chi connectivity index (χ3n) is 2.92. The second-order valence-corrected chi connectivity index (χ2v) is 4.49. The maximum absolute atomic E-state index is 11.6. The molecule has 0 bridgehead atoms. The number of ether oxygens (including phenoxy) is 1. The van der Waals surface area contributed by atoms with Crippen LogP contribution in [0.2, 0.25) is 0 Å². The summed E-state index contributed by atoms with van der Waals surface area (Å²) in [6.07, 6.45) is 3.64. The zero-order valence-corrected chi connectivity index (χ0v) is 10.2. The van der Waals surface area contributed by atoms with Crippen LogP contribution >= 0.6 is 0 Å². The largest absolute Gasteiger partial charge is 0.372 e. The lowest BCUT2D eigenvalue weighted by atomic mass is 10.2. The number of rotatable bonds is 6. The number of nitrogens with zero attached hydrogens (tertiary/aromatic N) is 1. The number of benzene rings is 1. The van der Waals surface area contributed by atoms with Crippen molar-refractivity contribution in [2.75, 3.05) is 18.5 Å². The van der Waals surface area contributed by atoms with Crippen LogP contribution < -0.4 is 5.32 Å². The fourth-order valence-electron chi connectivity index (χ4n) is 1.70. The van der Waals surface area contributed by atoms with E-state index >= 15 is 0 Å². The van der Waals surface area contributed by atoms with Gasteiger partial charge >= 0.3 is 0 Å². The second-order valence-electron chi connectivity index (χ2n) is 4.49. The topological polar surface area (TPSA) is 62.1 Å². The number of carbonyl (C=O) groups excluding carboxylic acids is 1. The predicted molar refractivity (Wildman–Crippen MR) is 67.9 cm³/mol. The van der Waals surface area contributed by atoms with E-state index in [0.29, 0.717) is 17.9 Å².